The highest BCUT2D eigenvalue weighted by molar-refractivity contribution is 6.00. The topological polar surface area (TPSA) is 166 Å². The van der Waals surface area contributed by atoms with E-state index in [1.54, 1.807) is 12.4 Å². The van der Waals surface area contributed by atoms with E-state index in [-0.39, 0.29) is 41.3 Å². The van der Waals surface area contributed by atoms with E-state index in [4.69, 9.17) is 10.7 Å². The summed E-state index contributed by atoms with van der Waals surface area (Å²) in [5.74, 6) is 0.184. The van der Waals surface area contributed by atoms with Gasteiger partial charge in [-0.05, 0) is 51.7 Å². The van der Waals surface area contributed by atoms with E-state index < -0.39 is 0 Å². The molecule has 0 radical (unpaired) electrons. The molecule has 1 unspecified atom stereocenters. The van der Waals surface area contributed by atoms with Crippen molar-refractivity contribution in [3.63, 3.8) is 0 Å². The summed E-state index contributed by atoms with van der Waals surface area (Å²) in [4.78, 5) is 40.5. The number of fused-ring (bicyclic) bond motifs is 3. The number of aryl methyl sites for hydroxylation is 1. The van der Waals surface area contributed by atoms with Crippen molar-refractivity contribution in [1.29, 1.82) is 0 Å². The molecule has 2 aliphatic rings. The number of H-pyrrole nitrogens is 1. The maximum atomic E-state index is 13.1. The fraction of sp³-hybridized carbons (Fsp3) is 0.357. The lowest BCUT2D eigenvalue weighted by atomic mass is 9.85. The van der Waals surface area contributed by atoms with Gasteiger partial charge in [0.2, 0.25) is 5.82 Å². The minimum Gasteiger partial charge on any atom is -0.383 e. The van der Waals surface area contributed by atoms with Gasteiger partial charge in [-0.15, -0.1) is 10.2 Å². The Morgan fingerprint density at radius 1 is 1.10 bits per heavy atom. The number of pyridine rings is 1. The first-order valence-corrected chi connectivity index (χ1v) is 13.8. The highest BCUT2D eigenvalue weighted by atomic mass is 16.2. The number of nitrogens with two attached hydrogens (primary N) is 1. The van der Waals surface area contributed by atoms with Crippen LogP contribution in [0, 0.1) is 0 Å². The predicted octanol–water partition coefficient (Wildman–Crippen LogP) is 3.13. The number of carbonyl (C=O) groups excluding carboxylic acids is 2. The van der Waals surface area contributed by atoms with Gasteiger partial charge in [-0.3, -0.25) is 19.3 Å². The minimum absolute atomic E-state index is 0.0210. The molecule has 5 aromatic heterocycles. The molecule has 208 valence electrons. The lowest BCUT2D eigenvalue weighted by Crippen LogP contribution is -2.46. The Bertz CT molecular complexity index is 1760. The first-order chi connectivity index (χ1) is 19.9. The van der Waals surface area contributed by atoms with E-state index in [9.17, 15) is 9.59 Å². The summed E-state index contributed by atoms with van der Waals surface area (Å²) < 4.78 is 3.39. The largest absolute Gasteiger partial charge is 0.383 e. The van der Waals surface area contributed by atoms with Crippen LogP contribution < -0.4 is 5.73 Å². The summed E-state index contributed by atoms with van der Waals surface area (Å²) in [6.45, 7) is 4.33. The van der Waals surface area contributed by atoms with Crippen LogP contribution in [-0.4, -0.2) is 73.2 Å². The maximum Gasteiger partial charge on any atom is 0.292 e. The van der Waals surface area contributed by atoms with Crippen LogP contribution in [0.4, 0.5) is 5.82 Å². The molecule has 13 nitrogen and oxygen atoms in total. The lowest BCUT2D eigenvalue weighted by Gasteiger charge is -2.38. The van der Waals surface area contributed by atoms with Crippen molar-refractivity contribution >= 4 is 23.2 Å². The van der Waals surface area contributed by atoms with E-state index in [2.05, 4.69) is 30.4 Å². The number of aromatic amines is 1. The van der Waals surface area contributed by atoms with Gasteiger partial charge in [0.25, 0.3) is 5.91 Å². The molecule has 0 aromatic carbocycles. The molecule has 2 aliphatic heterocycles. The number of hydrogen-bond donors (Lipinski definition) is 2. The normalized spacial score (nSPS) is 20.1. The Morgan fingerprint density at radius 2 is 1.90 bits per heavy atom. The molecule has 1 amide bonds. The second-order valence-corrected chi connectivity index (χ2v) is 10.7. The molecule has 3 N–H and O–H groups in total. The molecule has 2 saturated heterocycles. The molecule has 3 atom stereocenters. The van der Waals surface area contributed by atoms with Gasteiger partial charge in [-0.1, -0.05) is 6.07 Å². The molecule has 13 heteroatoms. The summed E-state index contributed by atoms with van der Waals surface area (Å²) in [5.41, 5.74) is 11.4. The Hall–Kier alpha value is -4.94. The highest BCUT2D eigenvalue weighted by Gasteiger charge is 2.45. The van der Waals surface area contributed by atoms with Crippen LogP contribution in [0.1, 0.15) is 72.1 Å². The Balaban J connectivity index is 1.25. The quantitative estimate of drug-likeness (QED) is 0.301. The first kappa shape index (κ1) is 25.1. The standard InChI is InChI=1S/C28H29N11O2/c1-3-37-9-8-22(36-37)21-7-4-16(12-30-21)20-13-33-39-25(29)23(15(2)40)24(34-27(20)39)17-10-18-5-6-19(11-17)38(18)28(41)26-31-14-32-35-26/h4,7-9,12-14,17-19H,3,5-6,10-11,29H2,1-2H3,(H,31,32,35)/t17?,18-,19+. The summed E-state index contributed by atoms with van der Waals surface area (Å²) in [7, 11) is 0. The zero-order chi connectivity index (χ0) is 28.2. The molecule has 7 rings (SSSR count). The van der Waals surface area contributed by atoms with Crippen molar-refractivity contribution in [2.24, 2.45) is 0 Å². The van der Waals surface area contributed by atoms with Crippen molar-refractivity contribution in [2.75, 3.05) is 5.73 Å². The minimum atomic E-state index is -0.158. The molecule has 0 aliphatic carbocycles. The number of Topliss-reactive ketones (excluding diaryl/α,β-unsaturated/α-hetero) is 1. The number of hydrogen-bond acceptors (Lipinski definition) is 9. The number of piperidine rings is 1. The number of carbonyl (C=O) groups is 2. The monoisotopic (exact) mass is 551 g/mol. The molecule has 41 heavy (non-hydrogen) atoms. The zero-order valence-electron chi connectivity index (χ0n) is 22.7. The second kappa shape index (κ2) is 9.61. The predicted molar refractivity (Wildman–Crippen MR) is 149 cm³/mol. The van der Waals surface area contributed by atoms with Crippen LogP contribution in [0.3, 0.4) is 0 Å². The lowest BCUT2D eigenvalue weighted by molar-refractivity contribution is 0.0556. The van der Waals surface area contributed by atoms with Gasteiger partial charge >= 0.3 is 0 Å². The Labute approximate surface area is 234 Å². The number of nitrogens with one attached hydrogen (secondary N) is 1. The van der Waals surface area contributed by atoms with Gasteiger partial charge in [0.05, 0.1) is 23.1 Å². The molecule has 0 spiro atoms. The van der Waals surface area contributed by atoms with E-state index in [0.717, 1.165) is 41.9 Å². The van der Waals surface area contributed by atoms with Crippen molar-refractivity contribution in [3.05, 3.63) is 60.2 Å². The summed E-state index contributed by atoms with van der Waals surface area (Å²) in [6, 6.07) is 5.87. The number of nitrogens with zero attached hydrogens (tertiary/aromatic N) is 9. The van der Waals surface area contributed by atoms with Gasteiger partial charge in [-0.25, -0.2) is 4.98 Å². The summed E-state index contributed by atoms with van der Waals surface area (Å²) in [6.07, 6.45) is 9.97. The summed E-state index contributed by atoms with van der Waals surface area (Å²) in [5, 5.41) is 16.7. The van der Waals surface area contributed by atoms with Crippen molar-refractivity contribution in [3.8, 4) is 22.5 Å². The number of aromatic nitrogens is 9. The third-order valence-corrected chi connectivity index (χ3v) is 8.34. The third kappa shape index (κ3) is 4.07. The fourth-order valence-corrected chi connectivity index (χ4v) is 6.44. The summed E-state index contributed by atoms with van der Waals surface area (Å²) >= 11 is 0. The van der Waals surface area contributed by atoms with E-state index in [1.807, 2.05) is 40.9 Å². The first-order valence-electron chi connectivity index (χ1n) is 13.8. The van der Waals surface area contributed by atoms with Gasteiger partial charge in [0.1, 0.15) is 17.8 Å². The molecule has 5 aromatic rings. The second-order valence-electron chi connectivity index (χ2n) is 10.7. The third-order valence-electron chi connectivity index (χ3n) is 8.34. The van der Waals surface area contributed by atoms with Gasteiger partial charge in [0, 0.05) is 48.1 Å². The van der Waals surface area contributed by atoms with Gasteiger partial charge in [0.15, 0.2) is 11.4 Å². The zero-order valence-corrected chi connectivity index (χ0v) is 22.7. The van der Waals surface area contributed by atoms with Crippen LogP contribution in [0.5, 0.6) is 0 Å². The average Bonchev–Trinajstić information content (AvgIpc) is 3.79. The SMILES string of the molecule is CCn1ccc(-c2ccc(-c3cnn4c(N)c(C(C)=O)c(C5C[C@H]6CC[C@@H](C5)N6C(=O)c5nnc[nH]5)nc34)cn2)n1. The van der Waals surface area contributed by atoms with E-state index in [1.165, 1.54) is 17.8 Å². The Kier molecular flexibility index (Phi) is 5.87. The molecular formula is C28H29N11O2. The maximum absolute atomic E-state index is 13.1. The van der Waals surface area contributed by atoms with Crippen molar-refractivity contribution in [1.82, 2.24) is 49.4 Å². The molecule has 2 bridgehead atoms. The number of anilines is 1. The van der Waals surface area contributed by atoms with E-state index >= 15 is 0 Å². The number of rotatable bonds is 6. The van der Waals surface area contributed by atoms with Crippen molar-refractivity contribution in [2.45, 2.75) is 64.1 Å². The van der Waals surface area contributed by atoms with Crippen LogP contribution in [0.2, 0.25) is 0 Å². The molecule has 0 saturated carbocycles. The number of amides is 1. The molecule has 7 heterocycles. The van der Waals surface area contributed by atoms with Gasteiger partial charge < -0.3 is 15.6 Å². The van der Waals surface area contributed by atoms with Gasteiger partial charge in [-0.2, -0.15) is 14.7 Å². The van der Waals surface area contributed by atoms with Crippen molar-refractivity contribution < 1.29 is 9.59 Å². The highest BCUT2D eigenvalue weighted by Crippen LogP contribution is 2.45. The van der Waals surface area contributed by atoms with Crippen LogP contribution in [-0.2, 0) is 6.54 Å². The number of ketones is 1. The smallest absolute Gasteiger partial charge is 0.292 e. The number of nitrogen functional groups attached to an aromatic ring is 1. The Morgan fingerprint density at radius 3 is 2.54 bits per heavy atom. The van der Waals surface area contributed by atoms with Crippen LogP contribution >= 0.6 is 0 Å². The van der Waals surface area contributed by atoms with E-state index in [0.29, 0.717) is 29.7 Å². The average molecular weight is 552 g/mol. The van der Waals surface area contributed by atoms with Crippen LogP contribution in [0.15, 0.2) is 43.1 Å². The molecular weight excluding hydrogens is 522 g/mol. The molecule has 2 fully saturated rings. The van der Waals surface area contributed by atoms with Crippen LogP contribution in [0.25, 0.3) is 28.2 Å². The fourth-order valence-electron chi connectivity index (χ4n) is 6.44.